The largest absolute Gasteiger partial charge is 0.343 e. The van der Waals surface area contributed by atoms with Crippen LogP contribution in [0.2, 0.25) is 0 Å². The summed E-state index contributed by atoms with van der Waals surface area (Å²) in [7, 11) is 1.71. The van der Waals surface area contributed by atoms with Gasteiger partial charge in [-0.15, -0.1) is 0 Å². The van der Waals surface area contributed by atoms with Crippen molar-refractivity contribution in [2.45, 2.75) is 19.4 Å². The Morgan fingerprint density at radius 1 is 1.25 bits per heavy atom. The van der Waals surface area contributed by atoms with E-state index in [1.54, 1.807) is 49.3 Å². The van der Waals surface area contributed by atoms with Crippen molar-refractivity contribution in [2.75, 3.05) is 18.7 Å². The monoisotopic (exact) mass is 326 g/mol. The van der Waals surface area contributed by atoms with Gasteiger partial charge in [-0.2, -0.15) is 5.06 Å². The Hall–Kier alpha value is -2.80. The molecule has 0 unspecified atom stereocenters. The fourth-order valence-corrected chi connectivity index (χ4v) is 2.41. The molecule has 1 aliphatic heterocycles. The number of hydrogen-bond acceptors (Lipinski definition) is 5. The van der Waals surface area contributed by atoms with E-state index in [1.807, 2.05) is 6.07 Å². The summed E-state index contributed by atoms with van der Waals surface area (Å²) in [6.07, 6.45) is 2.82. The molecule has 124 valence electrons. The summed E-state index contributed by atoms with van der Waals surface area (Å²) in [6.45, 7) is 2.40. The van der Waals surface area contributed by atoms with Crippen LogP contribution in [0.4, 0.5) is 5.82 Å². The molecule has 1 atom stereocenters. The van der Waals surface area contributed by atoms with E-state index in [0.29, 0.717) is 18.5 Å². The van der Waals surface area contributed by atoms with Crippen LogP contribution in [-0.4, -0.2) is 46.4 Å². The topological polar surface area (TPSA) is 75.6 Å². The molecule has 0 bridgehead atoms. The Morgan fingerprint density at radius 3 is 2.58 bits per heavy atom. The lowest BCUT2D eigenvalue weighted by atomic mass is 10.2. The summed E-state index contributed by atoms with van der Waals surface area (Å²) < 4.78 is 0. The smallest absolute Gasteiger partial charge is 0.283 e. The van der Waals surface area contributed by atoms with E-state index in [0.717, 1.165) is 10.8 Å². The summed E-state index contributed by atoms with van der Waals surface area (Å²) in [6, 6.07) is 8.72. The average molecular weight is 326 g/mol. The number of likely N-dealkylation sites (tertiary alicyclic amines) is 1. The van der Waals surface area contributed by atoms with Gasteiger partial charge in [-0.25, -0.2) is 4.98 Å². The van der Waals surface area contributed by atoms with Crippen LogP contribution in [0, 0.1) is 6.92 Å². The molecule has 1 aromatic heterocycles. The fourth-order valence-electron chi connectivity index (χ4n) is 2.41. The molecule has 2 amide bonds. The molecule has 7 heteroatoms. The third-order valence-electron chi connectivity index (χ3n) is 3.79. The van der Waals surface area contributed by atoms with Gasteiger partial charge in [-0.3, -0.25) is 19.4 Å². The van der Waals surface area contributed by atoms with Crippen molar-refractivity contribution in [2.24, 2.45) is 0 Å². The van der Waals surface area contributed by atoms with Gasteiger partial charge < -0.3 is 4.90 Å². The van der Waals surface area contributed by atoms with Gasteiger partial charge >= 0.3 is 0 Å². The van der Waals surface area contributed by atoms with Crippen LogP contribution in [0.5, 0.6) is 0 Å². The second kappa shape index (κ2) is 6.76. The Labute approximate surface area is 139 Å². The second-order valence-electron chi connectivity index (χ2n) is 5.62. The Morgan fingerprint density at radius 2 is 2.00 bits per heavy atom. The zero-order valence-corrected chi connectivity index (χ0v) is 13.5. The van der Waals surface area contributed by atoms with Gasteiger partial charge in [0.2, 0.25) is 0 Å². The number of anilines is 1. The molecule has 0 aliphatic carbocycles. The van der Waals surface area contributed by atoms with Gasteiger partial charge in [-0.1, -0.05) is 18.2 Å². The van der Waals surface area contributed by atoms with E-state index in [9.17, 15) is 9.59 Å². The number of benzene rings is 1. The molecular formula is C17H18N4O3. The Bertz CT molecular complexity index is 733. The number of aromatic nitrogens is 2. The van der Waals surface area contributed by atoms with E-state index >= 15 is 0 Å². The molecule has 0 saturated carbocycles. The summed E-state index contributed by atoms with van der Waals surface area (Å²) in [5.74, 6) is -0.297. The highest BCUT2D eigenvalue weighted by atomic mass is 16.7. The van der Waals surface area contributed by atoms with Crippen molar-refractivity contribution >= 4 is 17.6 Å². The van der Waals surface area contributed by atoms with E-state index in [2.05, 4.69) is 9.97 Å². The molecule has 0 N–H and O–H groups in total. The Balaban J connectivity index is 1.90. The maximum absolute atomic E-state index is 12.8. The predicted molar refractivity (Wildman–Crippen MR) is 87.1 cm³/mol. The third-order valence-corrected chi connectivity index (χ3v) is 3.79. The standard InChI is InChI=1S/C17H18N4O3/c1-12-10-19-15(11-18-12)21(16(22)13-6-4-3-5-7-13)24-14-8-9-20(2)17(14)23/h3-7,10-11,14H,8-9H2,1-2H3/t14-/m0/s1. The summed E-state index contributed by atoms with van der Waals surface area (Å²) in [5, 5.41) is 1.06. The van der Waals surface area contributed by atoms with Gasteiger partial charge in [0.15, 0.2) is 11.9 Å². The van der Waals surface area contributed by atoms with Gasteiger partial charge in [0, 0.05) is 25.6 Å². The van der Waals surface area contributed by atoms with Crippen LogP contribution in [0.25, 0.3) is 0 Å². The number of likely N-dealkylation sites (N-methyl/N-ethyl adjacent to an activating group) is 1. The first-order valence-corrected chi connectivity index (χ1v) is 7.66. The van der Waals surface area contributed by atoms with E-state index < -0.39 is 12.0 Å². The van der Waals surface area contributed by atoms with Crippen LogP contribution < -0.4 is 5.06 Å². The maximum Gasteiger partial charge on any atom is 0.283 e. The number of rotatable bonds is 4. The molecule has 1 aromatic carbocycles. The average Bonchev–Trinajstić information content (AvgIpc) is 2.93. The van der Waals surface area contributed by atoms with Crippen LogP contribution >= 0.6 is 0 Å². The lowest BCUT2D eigenvalue weighted by Crippen LogP contribution is -2.39. The molecule has 1 aliphatic rings. The number of hydroxylamine groups is 1. The van der Waals surface area contributed by atoms with Crippen LogP contribution in [-0.2, 0) is 9.63 Å². The van der Waals surface area contributed by atoms with E-state index in [1.165, 1.54) is 6.20 Å². The van der Waals surface area contributed by atoms with Crippen molar-refractivity contribution in [3.8, 4) is 0 Å². The quantitative estimate of drug-likeness (QED) is 0.798. The van der Waals surface area contributed by atoms with Crippen molar-refractivity contribution < 1.29 is 14.4 Å². The normalized spacial score (nSPS) is 17.2. The summed E-state index contributed by atoms with van der Waals surface area (Å²) in [4.78, 5) is 40.6. The van der Waals surface area contributed by atoms with Gasteiger partial charge in [0.05, 0.1) is 18.1 Å². The summed E-state index contributed by atoms with van der Waals surface area (Å²) >= 11 is 0. The molecule has 0 radical (unpaired) electrons. The number of carbonyl (C=O) groups is 2. The molecule has 7 nitrogen and oxygen atoms in total. The zero-order valence-electron chi connectivity index (χ0n) is 13.5. The number of hydrogen-bond donors (Lipinski definition) is 0. The van der Waals surface area contributed by atoms with Crippen LogP contribution in [0.1, 0.15) is 22.5 Å². The molecule has 0 spiro atoms. The fraction of sp³-hybridized carbons (Fsp3) is 0.294. The van der Waals surface area contributed by atoms with E-state index in [-0.39, 0.29) is 11.7 Å². The van der Waals surface area contributed by atoms with Gasteiger partial charge in [0.25, 0.3) is 11.8 Å². The minimum Gasteiger partial charge on any atom is -0.343 e. The Kier molecular flexibility index (Phi) is 4.52. The molecule has 2 aromatic rings. The zero-order chi connectivity index (χ0) is 17.1. The lowest BCUT2D eigenvalue weighted by molar-refractivity contribution is -0.136. The first-order chi connectivity index (χ1) is 11.6. The SMILES string of the molecule is Cc1cnc(N(O[C@H]2CCN(C)C2=O)C(=O)c2ccccc2)cn1. The van der Waals surface area contributed by atoms with Crippen molar-refractivity contribution in [1.82, 2.24) is 14.9 Å². The first-order valence-electron chi connectivity index (χ1n) is 7.66. The summed E-state index contributed by atoms with van der Waals surface area (Å²) in [5.41, 5.74) is 1.17. The number of aryl methyl sites for hydroxylation is 1. The molecule has 2 heterocycles. The minimum absolute atomic E-state index is 0.152. The second-order valence-corrected chi connectivity index (χ2v) is 5.62. The van der Waals surface area contributed by atoms with Crippen LogP contribution in [0.15, 0.2) is 42.7 Å². The van der Waals surface area contributed by atoms with Crippen LogP contribution in [0.3, 0.4) is 0 Å². The number of carbonyl (C=O) groups excluding carboxylic acids is 2. The van der Waals surface area contributed by atoms with Crippen molar-refractivity contribution in [1.29, 1.82) is 0 Å². The molecule has 1 saturated heterocycles. The lowest BCUT2D eigenvalue weighted by Gasteiger charge is -2.23. The molecule has 3 rings (SSSR count). The number of amides is 2. The maximum atomic E-state index is 12.8. The molecule has 24 heavy (non-hydrogen) atoms. The molecular weight excluding hydrogens is 308 g/mol. The van der Waals surface area contributed by atoms with E-state index in [4.69, 9.17) is 4.84 Å². The highest BCUT2D eigenvalue weighted by molar-refractivity contribution is 6.04. The predicted octanol–water partition coefficient (Wildman–Crippen LogP) is 1.59. The van der Waals surface area contributed by atoms with Gasteiger partial charge in [-0.05, 0) is 19.1 Å². The third kappa shape index (κ3) is 3.26. The number of nitrogens with zero attached hydrogens (tertiary/aromatic N) is 4. The van der Waals surface area contributed by atoms with Crippen molar-refractivity contribution in [3.63, 3.8) is 0 Å². The first kappa shape index (κ1) is 16.1. The highest BCUT2D eigenvalue weighted by Crippen LogP contribution is 2.20. The van der Waals surface area contributed by atoms with Gasteiger partial charge in [0.1, 0.15) is 0 Å². The minimum atomic E-state index is -0.703. The highest BCUT2D eigenvalue weighted by Gasteiger charge is 2.34. The van der Waals surface area contributed by atoms with Crippen molar-refractivity contribution in [3.05, 3.63) is 54.0 Å². The molecule has 1 fully saturated rings.